The molecule has 1 aliphatic heterocycles. The van der Waals surface area contributed by atoms with E-state index in [1.54, 1.807) is 16.9 Å². The monoisotopic (exact) mass is 310 g/mol. The van der Waals surface area contributed by atoms with Gasteiger partial charge in [0.25, 0.3) is 10.0 Å². The number of sulfonamides is 1. The molecule has 0 aliphatic carbocycles. The fourth-order valence-corrected chi connectivity index (χ4v) is 3.76. The Morgan fingerprint density at radius 3 is 3.00 bits per heavy atom. The largest absolute Gasteiger partial charge is 0.452 e. The Hall–Kier alpha value is -1.80. The molecule has 0 aromatic carbocycles. The molecule has 1 fully saturated rings. The number of piperidine rings is 1. The molecule has 8 heteroatoms. The van der Waals surface area contributed by atoms with Crippen molar-refractivity contribution >= 4 is 15.7 Å². The molecule has 2 aromatic heterocycles. The van der Waals surface area contributed by atoms with Gasteiger partial charge in [0.2, 0.25) is 5.09 Å². The standard InChI is InChI=1S/C13H18N4O3S/c1-16-10-12(8-14-16)17-6-2-4-11(9-17)15-21(18,19)13-5-3-7-20-13/h3,5,7-8,10-11,15H,2,4,6,9H2,1H3/t11-/m1/s1. The highest BCUT2D eigenvalue weighted by Gasteiger charge is 2.27. The van der Waals surface area contributed by atoms with Crippen LogP contribution in [0.2, 0.25) is 0 Å². The SMILES string of the molecule is Cn1cc(N2CCC[C@@H](NS(=O)(=O)c3ccco3)C2)cn1. The lowest BCUT2D eigenvalue weighted by atomic mass is 10.1. The van der Waals surface area contributed by atoms with E-state index in [0.717, 1.165) is 25.1 Å². The zero-order chi connectivity index (χ0) is 14.9. The van der Waals surface area contributed by atoms with Gasteiger partial charge in [0.05, 0.1) is 18.1 Å². The molecule has 0 radical (unpaired) electrons. The summed E-state index contributed by atoms with van der Waals surface area (Å²) in [4.78, 5) is 2.14. The van der Waals surface area contributed by atoms with Gasteiger partial charge in [-0.05, 0) is 25.0 Å². The molecular formula is C13H18N4O3S. The van der Waals surface area contributed by atoms with Crippen molar-refractivity contribution in [1.29, 1.82) is 0 Å². The molecule has 2 aromatic rings. The first kappa shape index (κ1) is 14.2. The quantitative estimate of drug-likeness (QED) is 0.910. The summed E-state index contributed by atoms with van der Waals surface area (Å²) in [5.41, 5.74) is 1.01. The lowest BCUT2D eigenvalue weighted by Gasteiger charge is -2.33. The first-order valence-corrected chi connectivity index (χ1v) is 8.32. The number of anilines is 1. The summed E-state index contributed by atoms with van der Waals surface area (Å²) in [7, 11) is -1.72. The number of hydrogen-bond donors (Lipinski definition) is 1. The molecule has 0 bridgehead atoms. The summed E-state index contributed by atoms with van der Waals surface area (Å²) in [5.74, 6) is 0. The first-order valence-electron chi connectivity index (χ1n) is 6.84. The van der Waals surface area contributed by atoms with E-state index in [1.807, 2.05) is 13.2 Å². The third-order valence-electron chi connectivity index (χ3n) is 3.56. The van der Waals surface area contributed by atoms with Crippen LogP contribution in [0.4, 0.5) is 5.69 Å². The molecule has 3 rings (SSSR count). The van der Waals surface area contributed by atoms with Crippen LogP contribution in [-0.4, -0.2) is 37.3 Å². The minimum absolute atomic E-state index is 0.0407. The van der Waals surface area contributed by atoms with Crippen LogP contribution in [-0.2, 0) is 17.1 Å². The third-order valence-corrected chi connectivity index (χ3v) is 4.97. The van der Waals surface area contributed by atoms with Gasteiger partial charge in [-0.2, -0.15) is 5.10 Å². The topological polar surface area (TPSA) is 80.4 Å². The third kappa shape index (κ3) is 3.11. The lowest BCUT2D eigenvalue weighted by Crippen LogP contribution is -2.47. The van der Waals surface area contributed by atoms with E-state index < -0.39 is 10.0 Å². The second-order valence-corrected chi connectivity index (χ2v) is 6.86. The molecular weight excluding hydrogens is 292 g/mol. The molecule has 114 valence electrons. The fraction of sp³-hybridized carbons (Fsp3) is 0.462. The Bertz CT molecular complexity index is 693. The zero-order valence-electron chi connectivity index (χ0n) is 11.8. The molecule has 3 heterocycles. The Kier molecular flexibility index (Phi) is 3.73. The fourth-order valence-electron chi connectivity index (χ4n) is 2.57. The molecule has 0 amide bonds. The second-order valence-electron chi connectivity index (χ2n) is 5.21. The predicted octanol–water partition coefficient (Wildman–Crippen LogP) is 0.960. The minimum atomic E-state index is -3.58. The van der Waals surface area contributed by atoms with Gasteiger partial charge in [-0.15, -0.1) is 0 Å². The van der Waals surface area contributed by atoms with Crippen LogP contribution >= 0.6 is 0 Å². The van der Waals surface area contributed by atoms with E-state index >= 15 is 0 Å². The molecule has 0 saturated carbocycles. The van der Waals surface area contributed by atoms with Crippen molar-refractivity contribution in [3.8, 4) is 0 Å². The number of hydrogen-bond acceptors (Lipinski definition) is 5. The predicted molar refractivity (Wildman–Crippen MR) is 77.5 cm³/mol. The number of aryl methyl sites for hydroxylation is 1. The van der Waals surface area contributed by atoms with Gasteiger partial charge in [0.15, 0.2) is 0 Å². The van der Waals surface area contributed by atoms with Gasteiger partial charge >= 0.3 is 0 Å². The van der Waals surface area contributed by atoms with Gasteiger partial charge < -0.3 is 9.32 Å². The molecule has 7 nitrogen and oxygen atoms in total. The number of furan rings is 1. The number of nitrogens with zero attached hydrogens (tertiary/aromatic N) is 3. The van der Waals surface area contributed by atoms with Crippen molar-refractivity contribution < 1.29 is 12.8 Å². The normalized spacial score (nSPS) is 19.9. The van der Waals surface area contributed by atoms with Crippen LogP contribution in [0.25, 0.3) is 0 Å². The number of nitrogens with one attached hydrogen (secondary N) is 1. The average Bonchev–Trinajstić information content (AvgIpc) is 3.09. The van der Waals surface area contributed by atoms with Crippen LogP contribution in [0.5, 0.6) is 0 Å². The summed E-state index contributed by atoms with van der Waals surface area (Å²) < 4.78 is 33.8. The van der Waals surface area contributed by atoms with Crippen molar-refractivity contribution in [3.63, 3.8) is 0 Å². The summed E-state index contributed by atoms with van der Waals surface area (Å²) in [6.45, 7) is 1.54. The van der Waals surface area contributed by atoms with Crippen molar-refractivity contribution in [2.75, 3.05) is 18.0 Å². The maximum absolute atomic E-state index is 12.2. The van der Waals surface area contributed by atoms with Crippen LogP contribution in [0.1, 0.15) is 12.8 Å². The molecule has 1 N–H and O–H groups in total. The molecule has 1 atom stereocenters. The highest BCUT2D eigenvalue weighted by molar-refractivity contribution is 7.89. The smallest absolute Gasteiger partial charge is 0.274 e. The van der Waals surface area contributed by atoms with Gasteiger partial charge in [0, 0.05) is 32.4 Å². The van der Waals surface area contributed by atoms with E-state index in [2.05, 4.69) is 14.7 Å². The van der Waals surface area contributed by atoms with E-state index in [4.69, 9.17) is 4.42 Å². The number of aromatic nitrogens is 2. The summed E-state index contributed by atoms with van der Waals surface area (Å²) in [6, 6.07) is 2.88. The number of rotatable bonds is 4. The van der Waals surface area contributed by atoms with Crippen LogP contribution in [0.15, 0.2) is 40.3 Å². The Labute approximate surface area is 123 Å². The van der Waals surface area contributed by atoms with Crippen molar-refractivity contribution in [2.45, 2.75) is 24.0 Å². The highest BCUT2D eigenvalue weighted by atomic mass is 32.2. The van der Waals surface area contributed by atoms with Gasteiger partial charge in [-0.25, -0.2) is 13.1 Å². The minimum Gasteiger partial charge on any atom is -0.452 e. The molecule has 0 spiro atoms. The summed E-state index contributed by atoms with van der Waals surface area (Å²) in [5, 5.41) is 4.11. The highest BCUT2D eigenvalue weighted by Crippen LogP contribution is 2.20. The summed E-state index contributed by atoms with van der Waals surface area (Å²) >= 11 is 0. The molecule has 21 heavy (non-hydrogen) atoms. The van der Waals surface area contributed by atoms with Gasteiger partial charge in [-0.3, -0.25) is 4.68 Å². The van der Waals surface area contributed by atoms with E-state index in [0.29, 0.717) is 6.54 Å². The summed E-state index contributed by atoms with van der Waals surface area (Å²) in [6.07, 6.45) is 6.83. The van der Waals surface area contributed by atoms with Crippen LogP contribution < -0.4 is 9.62 Å². The average molecular weight is 310 g/mol. The molecule has 0 unspecified atom stereocenters. The van der Waals surface area contributed by atoms with Gasteiger partial charge in [0.1, 0.15) is 0 Å². The zero-order valence-corrected chi connectivity index (χ0v) is 12.6. The van der Waals surface area contributed by atoms with Crippen molar-refractivity contribution in [3.05, 3.63) is 30.8 Å². The van der Waals surface area contributed by atoms with Crippen molar-refractivity contribution in [2.24, 2.45) is 7.05 Å². The van der Waals surface area contributed by atoms with Gasteiger partial charge in [-0.1, -0.05) is 0 Å². The maximum atomic E-state index is 12.2. The maximum Gasteiger partial charge on any atom is 0.274 e. The second kappa shape index (κ2) is 5.53. The van der Waals surface area contributed by atoms with E-state index in [-0.39, 0.29) is 11.1 Å². The Morgan fingerprint density at radius 2 is 2.33 bits per heavy atom. The molecule has 1 aliphatic rings. The van der Waals surface area contributed by atoms with Crippen LogP contribution in [0, 0.1) is 0 Å². The molecule has 1 saturated heterocycles. The Balaban J connectivity index is 1.69. The Morgan fingerprint density at radius 1 is 1.48 bits per heavy atom. The first-order chi connectivity index (χ1) is 10.0. The van der Waals surface area contributed by atoms with Crippen molar-refractivity contribution in [1.82, 2.24) is 14.5 Å². The van der Waals surface area contributed by atoms with Crippen LogP contribution in [0.3, 0.4) is 0 Å². The lowest BCUT2D eigenvalue weighted by molar-refractivity contribution is 0.427. The van der Waals surface area contributed by atoms with E-state index in [1.165, 1.54) is 12.3 Å². The van der Waals surface area contributed by atoms with E-state index in [9.17, 15) is 8.42 Å².